The van der Waals surface area contributed by atoms with Crippen molar-refractivity contribution in [3.8, 4) is 0 Å². The molecule has 1 aromatic carbocycles. The predicted molar refractivity (Wildman–Crippen MR) is 102 cm³/mol. The number of carbonyl (C=O) groups excluding carboxylic acids is 1. The Morgan fingerprint density at radius 3 is 3.00 bits per heavy atom. The van der Waals surface area contributed by atoms with Gasteiger partial charge in [-0.25, -0.2) is 14.9 Å². The van der Waals surface area contributed by atoms with Crippen LogP contribution < -0.4 is 16.3 Å². The summed E-state index contributed by atoms with van der Waals surface area (Å²) < 4.78 is 16.4. The molecule has 9 heteroatoms. The van der Waals surface area contributed by atoms with Crippen molar-refractivity contribution in [2.45, 2.75) is 13.3 Å². The Hall–Kier alpha value is -2.58. The van der Waals surface area contributed by atoms with Gasteiger partial charge in [-0.3, -0.25) is 9.63 Å². The average Bonchev–Trinajstić information content (AvgIpc) is 3.08. The van der Waals surface area contributed by atoms with Crippen molar-refractivity contribution in [3.63, 3.8) is 0 Å². The van der Waals surface area contributed by atoms with Crippen LogP contribution in [0.15, 0.2) is 36.8 Å². The predicted octanol–water partition coefficient (Wildman–Crippen LogP) is 2.20. The Kier molecular flexibility index (Phi) is 5.44. The molecule has 0 unspecified atom stereocenters. The summed E-state index contributed by atoms with van der Waals surface area (Å²) >= 11 is 6.23. The molecule has 2 N–H and O–H groups in total. The zero-order valence-corrected chi connectivity index (χ0v) is 15.1. The molecule has 0 aliphatic carbocycles. The molecule has 0 saturated heterocycles. The number of rotatable bonds is 6. The number of hydrogen-bond donors (Lipinski definition) is 2. The molecular weight excluding hydrogens is 357 g/mol. The van der Waals surface area contributed by atoms with Gasteiger partial charge in [-0.2, -0.15) is 0 Å². The fourth-order valence-corrected chi connectivity index (χ4v) is 2.73. The molecule has 0 radical (unpaired) electrons. The number of anilines is 2. The van der Waals surface area contributed by atoms with Crippen LogP contribution in [-0.2, 0) is 4.84 Å². The summed E-state index contributed by atoms with van der Waals surface area (Å²) in [6.07, 6.45) is 5.24. The van der Waals surface area contributed by atoms with E-state index in [1.165, 1.54) is 16.8 Å². The molecule has 0 fully saturated rings. The molecule has 26 heavy (non-hydrogen) atoms. The number of imidazole rings is 1. The van der Waals surface area contributed by atoms with Crippen LogP contribution >= 0.6 is 11.6 Å². The first-order valence-corrected chi connectivity index (χ1v) is 8.49. The molecule has 0 aliphatic heterocycles. The maximum absolute atomic E-state index is 15.0. The van der Waals surface area contributed by atoms with Gasteiger partial charge in [0.05, 0.1) is 28.6 Å². The number of fused-ring (bicyclic) bond motifs is 1. The van der Waals surface area contributed by atoms with Crippen LogP contribution in [-0.4, -0.2) is 29.7 Å². The lowest BCUT2D eigenvalue weighted by Crippen LogP contribution is -2.25. The fraction of sp³-hybridized carbons (Fsp3) is 0.176. The molecule has 0 spiro atoms. The van der Waals surface area contributed by atoms with Crippen LogP contribution in [0.5, 0.6) is 0 Å². The van der Waals surface area contributed by atoms with Gasteiger partial charge in [-0.1, -0.05) is 30.1 Å². The summed E-state index contributed by atoms with van der Waals surface area (Å²) in [7, 11) is 1.90. The summed E-state index contributed by atoms with van der Waals surface area (Å²) in [5, 5.41) is 3.33. The van der Waals surface area contributed by atoms with Crippen molar-refractivity contribution < 1.29 is 14.0 Å². The quantitative estimate of drug-likeness (QED) is 0.394. The monoisotopic (exact) mass is 374 g/mol. The van der Waals surface area contributed by atoms with Gasteiger partial charge in [0.2, 0.25) is 0 Å². The number of hydrogen-bond acceptors (Lipinski definition) is 4. The Balaban J connectivity index is 2.04. The maximum Gasteiger partial charge on any atom is 0.278 e. The van der Waals surface area contributed by atoms with Crippen molar-refractivity contribution in [1.82, 2.24) is 14.9 Å². The van der Waals surface area contributed by atoms with E-state index in [4.69, 9.17) is 16.4 Å². The third kappa shape index (κ3) is 3.66. The van der Waals surface area contributed by atoms with E-state index in [2.05, 4.69) is 15.8 Å². The zero-order valence-electron chi connectivity index (χ0n) is 14.3. The molecule has 0 bridgehead atoms. The van der Waals surface area contributed by atoms with Gasteiger partial charge in [0.25, 0.3) is 5.91 Å². The Morgan fingerprint density at radius 1 is 1.46 bits per heavy atom. The number of hydroxylamine groups is 1. The number of nitrogens with zero attached hydrogens (tertiary/aromatic N) is 2. The summed E-state index contributed by atoms with van der Waals surface area (Å²) in [6.45, 7) is 2.27. The standard InChI is InChI=1S/C17H17BClFN4O2/c1-2-7-26-23-17(25)11-9-24-6-5-21-16(24)14(20)15(11)22-13-4-3-10(18)8-12(13)19/h3-6,8-9,22H,2,7,18H2,1H3,(H,23,25). The van der Waals surface area contributed by atoms with E-state index in [-0.39, 0.29) is 16.9 Å². The highest BCUT2D eigenvalue weighted by molar-refractivity contribution is 6.37. The van der Waals surface area contributed by atoms with Crippen LogP contribution in [0, 0.1) is 5.82 Å². The highest BCUT2D eigenvalue weighted by Gasteiger charge is 2.21. The van der Waals surface area contributed by atoms with E-state index in [9.17, 15) is 9.18 Å². The average molecular weight is 375 g/mol. The van der Waals surface area contributed by atoms with Crippen LogP contribution in [0.3, 0.4) is 0 Å². The second-order valence-corrected chi connectivity index (χ2v) is 6.19. The Labute approximate surface area is 155 Å². The van der Waals surface area contributed by atoms with E-state index in [1.807, 2.05) is 20.8 Å². The zero-order chi connectivity index (χ0) is 18.7. The second-order valence-electron chi connectivity index (χ2n) is 5.78. The largest absolute Gasteiger partial charge is 0.351 e. The minimum absolute atomic E-state index is 0.0212. The number of pyridine rings is 1. The number of benzene rings is 1. The molecule has 3 aromatic rings. The topological polar surface area (TPSA) is 67.7 Å². The number of carbonyl (C=O) groups is 1. The minimum Gasteiger partial charge on any atom is -0.351 e. The van der Waals surface area contributed by atoms with Crippen molar-refractivity contribution in [1.29, 1.82) is 0 Å². The lowest BCUT2D eigenvalue weighted by molar-refractivity contribution is 0.0315. The van der Waals surface area contributed by atoms with Crippen molar-refractivity contribution in [2.24, 2.45) is 0 Å². The van der Waals surface area contributed by atoms with Gasteiger partial charge in [0.1, 0.15) is 7.85 Å². The second kappa shape index (κ2) is 7.76. The molecular formula is C17H17BClFN4O2. The van der Waals surface area contributed by atoms with E-state index in [0.717, 1.165) is 11.9 Å². The minimum atomic E-state index is -0.658. The highest BCUT2D eigenvalue weighted by atomic mass is 35.5. The summed E-state index contributed by atoms with van der Waals surface area (Å²) in [4.78, 5) is 21.5. The summed E-state index contributed by atoms with van der Waals surface area (Å²) in [5.41, 5.74) is 3.92. The number of aromatic nitrogens is 2. The van der Waals surface area contributed by atoms with Gasteiger partial charge < -0.3 is 9.72 Å². The lowest BCUT2D eigenvalue weighted by atomic mass is 9.96. The number of halogens is 2. The van der Waals surface area contributed by atoms with Crippen LogP contribution in [0.4, 0.5) is 15.8 Å². The van der Waals surface area contributed by atoms with Gasteiger partial charge in [0, 0.05) is 18.6 Å². The van der Waals surface area contributed by atoms with Gasteiger partial charge in [-0.15, -0.1) is 0 Å². The molecule has 0 aliphatic rings. The number of nitrogens with one attached hydrogen (secondary N) is 2. The summed E-state index contributed by atoms with van der Waals surface area (Å²) in [6, 6.07) is 5.31. The van der Waals surface area contributed by atoms with E-state index < -0.39 is 11.7 Å². The van der Waals surface area contributed by atoms with Crippen molar-refractivity contribution >= 4 is 47.8 Å². The Morgan fingerprint density at radius 2 is 2.27 bits per heavy atom. The molecule has 2 aromatic heterocycles. The maximum atomic E-state index is 15.0. The third-order valence-corrected chi connectivity index (χ3v) is 4.03. The molecule has 6 nitrogen and oxygen atoms in total. The van der Waals surface area contributed by atoms with E-state index in [1.54, 1.807) is 18.3 Å². The molecule has 1 amide bonds. The van der Waals surface area contributed by atoms with Crippen molar-refractivity contribution in [3.05, 3.63) is 53.2 Å². The first-order chi connectivity index (χ1) is 12.5. The van der Waals surface area contributed by atoms with Crippen molar-refractivity contribution in [2.75, 3.05) is 11.9 Å². The molecule has 0 atom stereocenters. The highest BCUT2D eigenvalue weighted by Crippen LogP contribution is 2.30. The Bertz CT molecular complexity index is 963. The smallest absolute Gasteiger partial charge is 0.278 e. The first-order valence-electron chi connectivity index (χ1n) is 8.11. The lowest BCUT2D eigenvalue weighted by Gasteiger charge is -2.15. The SMILES string of the molecule is Bc1ccc(Nc2c(C(=O)NOCCC)cn3ccnc3c2F)c(Cl)c1. The molecule has 3 rings (SSSR count). The van der Waals surface area contributed by atoms with Crippen LogP contribution in [0.25, 0.3) is 5.65 Å². The fourth-order valence-electron chi connectivity index (χ4n) is 2.45. The first kappa shape index (κ1) is 18.2. The van der Waals surface area contributed by atoms with Gasteiger partial charge in [0.15, 0.2) is 11.5 Å². The molecule has 0 saturated carbocycles. The van der Waals surface area contributed by atoms with Crippen LogP contribution in [0.2, 0.25) is 5.02 Å². The molecule has 134 valence electrons. The van der Waals surface area contributed by atoms with E-state index in [0.29, 0.717) is 17.3 Å². The number of amides is 1. The van der Waals surface area contributed by atoms with Gasteiger partial charge in [-0.05, 0) is 18.6 Å². The normalized spacial score (nSPS) is 10.9. The third-order valence-electron chi connectivity index (χ3n) is 3.72. The van der Waals surface area contributed by atoms with Crippen LogP contribution in [0.1, 0.15) is 23.7 Å². The summed E-state index contributed by atoms with van der Waals surface area (Å²) in [5.74, 6) is -1.23. The van der Waals surface area contributed by atoms with E-state index >= 15 is 0 Å². The molecule has 2 heterocycles. The van der Waals surface area contributed by atoms with Gasteiger partial charge >= 0.3 is 0 Å².